The van der Waals surface area contributed by atoms with E-state index < -0.39 is 0 Å². The average Bonchev–Trinajstić information content (AvgIpc) is 3.01. The third kappa shape index (κ3) is 5.52. The first-order valence-electron chi connectivity index (χ1n) is 13.9. The van der Waals surface area contributed by atoms with E-state index in [4.69, 9.17) is 4.74 Å². The molecule has 0 saturated carbocycles. The van der Waals surface area contributed by atoms with Gasteiger partial charge in [-0.1, -0.05) is 18.2 Å². The Morgan fingerprint density at radius 2 is 1.57 bits per heavy atom. The molecule has 42 heavy (non-hydrogen) atoms. The summed E-state index contributed by atoms with van der Waals surface area (Å²) < 4.78 is 7.14. The molecular weight excluding hydrogens is 548 g/mol. The van der Waals surface area contributed by atoms with E-state index in [1.165, 1.54) is 0 Å². The van der Waals surface area contributed by atoms with Gasteiger partial charge < -0.3 is 24.8 Å². The molecule has 0 aliphatic carbocycles. The van der Waals surface area contributed by atoms with Crippen LogP contribution in [0.4, 0.5) is 17.1 Å². The van der Waals surface area contributed by atoms with E-state index in [-0.39, 0.29) is 23.3 Å². The summed E-state index contributed by atoms with van der Waals surface area (Å²) in [5.74, 6) is 0.621. The van der Waals surface area contributed by atoms with Gasteiger partial charge in [0.05, 0.1) is 24.2 Å². The van der Waals surface area contributed by atoms with Crippen molar-refractivity contribution >= 4 is 40.6 Å². The second kappa shape index (κ2) is 11.8. The minimum Gasteiger partial charge on any atom is -0.497 e. The average molecular weight is 581 g/mol. The topological polar surface area (TPSA) is 92.7 Å². The second-order valence-electron chi connectivity index (χ2n) is 10.7. The van der Waals surface area contributed by atoms with E-state index in [1.807, 2.05) is 53.3 Å². The van der Waals surface area contributed by atoms with Gasteiger partial charge >= 0.3 is 0 Å². The van der Waals surface area contributed by atoms with Crippen LogP contribution >= 0.6 is 11.8 Å². The molecular formula is C33H32N4O4S. The predicted octanol–water partition coefficient (Wildman–Crippen LogP) is 5.71. The summed E-state index contributed by atoms with van der Waals surface area (Å²) in [6.07, 6.45) is 2.98. The van der Waals surface area contributed by atoms with Crippen LogP contribution in [-0.2, 0) is 6.54 Å². The number of aromatic nitrogens is 1. The lowest BCUT2D eigenvalue weighted by Crippen LogP contribution is -2.47. The Kier molecular flexibility index (Phi) is 7.75. The van der Waals surface area contributed by atoms with Gasteiger partial charge in [0, 0.05) is 53.3 Å². The SMILES string of the molecule is COc1ccc(C(=O)Nc2cc(C(=O)Nc3ccccc3SC)ccc2N2C[C@H]3C[C@@H](C2)c2cccc(=O)n2C3)cc1. The van der Waals surface area contributed by atoms with Crippen LogP contribution in [-0.4, -0.2) is 42.8 Å². The van der Waals surface area contributed by atoms with Crippen LogP contribution in [0.2, 0.25) is 0 Å². The molecule has 3 heterocycles. The Hall–Kier alpha value is -4.50. The van der Waals surface area contributed by atoms with Crippen LogP contribution in [0.25, 0.3) is 0 Å². The van der Waals surface area contributed by atoms with Crippen molar-refractivity contribution in [2.24, 2.45) is 5.92 Å². The van der Waals surface area contributed by atoms with Crippen molar-refractivity contribution < 1.29 is 14.3 Å². The van der Waals surface area contributed by atoms with Crippen molar-refractivity contribution in [3.05, 3.63) is 112 Å². The molecule has 2 atom stereocenters. The van der Waals surface area contributed by atoms with Gasteiger partial charge in [-0.05, 0) is 79.3 Å². The molecule has 1 aromatic heterocycles. The maximum Gasteiger partial charge on any atom is 0.255 e. The van der Waals surface area contributed by atoms with Crippen molar-refractivity contribution in [1.82, 2.24) is 4.57 Å². The van der Waals surface area contributed by atoms with Crippen molar-refractivity contribution in [1.29, 1.82) is 0 Å². The van der Waals surface area contributed by atoms with Gasteiger partial charge in [-0.25, -0.2) is 0 Å². The number of nitrogens with one attached hydrogen (secondary N) is 2. The quantitative estimate of drug-likeness (QED) is 0.272. The van der Waals surface area contributed by atoms with E-state index in [2.05, 4.69) is 15.5 Å². The highest BCUT2D eigenvalue weighted by molar-refractivity contribution is 7.98. The number of thioether (sulfide) groups is 1. The number of pyridine rings is 1. The number of ether oxygens (including phenoxy) is 1. The first kappa shape index (κ1) is 27.7. The molecule has 9 heteroatoms. The van der Waals surface area contributed by atoms with Crippen LogP contribution in [0.15, 0.2) is 94.6 Å². The minimum atomic E-state index is -0.279. The zero-order chi connectivity index (χ0) is 29.2. The number of amides is 2. The van der Waals surface area contributed by atoms with Gasteiger partial charge in [0.25, 0.3) is 17.4 Å². The molecule has 2 N–H and O–H groups in total. The summed E-state index contributed by atoms with van der Waals surface area (Å²) in [6.45, 7) is 2.12. The molecule has 6 rings (SSSR count). The first-order chi connectivity index (χ1) is 20.4. The van der Waals surface area contributed by atoms with E-state index in [1.54, 1.807) is 61.3 Å². The maximum absolute atomic E-state index is 13.4. The Labute approximate surface area is 248 Å². The largest absolute Gasteiger partial charge is 0.497 e. The maximum atomic E-state index is 13.4. The second-order valence-corrected chi connectivity index (χ2v) is 11.5. The van der Waals surface area contributed by atoms with Crippen molar-refractivity contribution in [2.45, 2.75) is 23.8 Å². The Balaban J connectivity index is 1.33. The van der Waals surface area contributed by atoms with Crippen LogP contribution < -0.4 is 25.8 Å². The molecule has 2 aliphatic heterocycles. The summed E-state index contributed by atoms with van der Waals surface area (Å²) in [6, 6.07) is 25.5. The summed E-state index contributed by atoms with van der Waals surface area (Å²) in [7, 11) is 1.58. The minimum absolute atomic E-state index is 0.0431. The lowest BCUT2D eigenvalue weighted by atomic mass is 9.83. The lowest BCUT2D eigenvalue weighted by molar-refractivity contribution is 0.101. The van der Waals surface area contributed by atoms with Crippen molar-refractivity contribution in [2.75, 3.05) is 42.0 Å². The van der Waals surface area contributed by atoms with Gasteiger partial charge in [-0.15, -0.1) is 11.8 Å². The highest BCUT2D eigenvalue weighted by atomic mass is 32.2. The Bertz CT molecular complexity index is 1700. The summed E-state index contributed by atoms with van der Waals surface area (Å²) in [5, 5.41) is 6.09. The molecule has 0 radical (unpaired) electrons. The number of nitrogens with zero attached hydrogens (tertiary/aromatic N) is 2. The van der Waals surface area contributed by atoms with Crippen LogP contribution in [0, 0.1) is 5.92 Å². The van der Waals surface area contributed by atoms with Crippen molar-refractivity contribution in [3.8, 4) is 5.75 Å². The van der Waals surface area contributed by atoms with E-state index in [0.29, 0.717) is 41.6 Å². The molecule has 2 aliphatic rings. The van der Waals surface area contributed by atoms with E-state index >= 15 is 0 Å². The zero-order valence-electron chi connectivity index (χ0n) is 23.5. The molecule has 8 nitrogen and oxygen atoms in total. The molecule has 2 amide bonds. The molecule has 0 unspecified atom stereocenters. The fourth-order valence-corrected chi connectivity index (χ4v) is 6.58. The number of piperidine rings is 1. The van der Waals surface area contributed by atoms with Gasteiger partial charge in [-0.2, -0.15) is 0 Å². The van der Waals surface area contributed by atoms with E-state index in [0.717, 1.165) is 34.9 Å². The summed E-state index contributed by atoms with van der Waals surface area (Å²) in [5.41, 5.74) is 4.16. The van der Waals surface area contributed by atoms with Crippen LogP contribution in [0.1, 0.15) is 38.7 Å². The molecule has 0 spiro atoms. The smallest absolute Gasteiger partial charge is 0.255 e. The van der Waals surface area contributed by atoms with Gasteiger partial charge in [0.2, 0.25) is 0 Å². The molecule has 2 bridgehead atoms. The number of para-hydroxylation sites is 1. The van der Waals surface area contributed by atoms with E-state index in [9.17, 15) is 14.4 Å². The van der Waals surface area contributed by atoms with Gasteiger partial charge in [-0.3, -0.25) is 14.4 Å². The predicted molar refractivity (Wildman–Crippen MR) is 167 cm³/mol. The van der Waals surface area contributed by atoms with Crippen LogP contribution in [0.5, 0.6) is 5.75 Å². The number of carbonyl (C=O) groups excluding carboxylic acids is 2. The number of rotatable bonds is 7. The zero-order valence-corrected chi connectivity index (χ0v) is 24.3. The molecule has 214 valence electrons. The summed E-state index contributed by atoms with van der Waals surface area (Å²) >= 11 is 1.56. The number of carbonyl (C=O) groups is 2. The van der Waals surface area contributed by atoms with Crippen molar-refractivity contribution in [3.63, 3.8) is 0 Å². The van der Waals surface area contributed by atoms with Crippen LogP contribution in [0.3, 0.4) is 0 Å². The Morgan fingerprint density at radius 3 is 2.36 bits per heavy atom. The number of methoxy groups -OCH3 is 1. The molecule has 4 aromatic rings. The number of hydrogen-bond acceptors (Lipinski definition) is 6. The third-order valence-electron chi connectivity index (χ3n) is 8.03. The first-order valence-corrected chi connectivity index (χ1v) is 15.1. The highest BCUT2D eigenvalue weighted by Gasteiger charge is 2.35. The number of fused-ring (bicyclic) bond motifs is 4. The Morgan fingerprint density at radius 1 is 0.833 bits per heavy atom. The summed E-state index contributed by atoms with van der Waals surface area (Å²) in [4.78, 5) is 42.5. The highest BCUT2D eigenvalue weighted by Crippen LogP contribution is 2.39. The monoisotopic (exact) mass is 580 g/mol. The standard InChI is InChI=1S/C33H32N4O4S/c1-41-25-13-10-22(11-14-25)32(39)35-27-17-23(33(40)34-26-6-3-4-8-30(26)42-2)12-15-29(27)36-18-21-16-24(20-36)28-7-5-9-31(38)37(28)19-21/h3-15,17,21,24H,16,18-20H2,1-2H3,(H,34,40)(H,35,39)/t21-,24+/m1/s1. The van der Waals surface area contributed by atoms with Gasteiger partial charge in [0.15, 0.2) is 0 Å². The van der Waals surface area contributed by atoms with Gasteiger partial charge in [0.1, 0.15) is 5.75 Å². The number of hydrogen-bond donors (Lipinski definition) is 2. The molecule has 3 aromatic carbocycles. The molecule has 1 fully saturated rings. The number of benzene rings is 3. The molecule has 1 saturated heterocycles. The third-order valence-corrected chi connectivity index (χ3v) is 8.83. The fourth-order valence-electron chi connectivity index (χ4n) is 6.03. The lowest BCUT2D eigenvalue weighted by Gasteiger charge is -2.44. The number of anilines is 3. The normalized spacial score (nSPS) is 17.2. The fraction of sp³-hybridized carbons (Fsp3) is 0.242.